The van der Waals surface area contributed by atoms with Gasteiger partial charge >= 0.3 is 17.9 Å². The highest BCUT2D eigenvalue weighted by molar-refractivity contribution is 5.67. The zero-order chi connectivity index (χ0) is 25.1. The summed E-state index contributed by atoms with van der Waals surface area (Å²) in [5.41, 5.74) is -0.495. The third-order valence-corrected chi connectivity index (χ3v) is 8.28. The predicted octanol–water partition coefficient (Wildman–Crippen LogP) is 4.42. The molecule has 1 aromatic rings. The number of aldehydes is 1. The number of esters is 3. The Balaban J connectivity index is 2.10. The summed E-state index contributed by atoms with van der Waals surface area (Å²) in [6, 6.07) is 1.79. The van der Waals surface area contributed by atoms with Crippen LogP contribution in [0, 0.1) is 28.6 Å². The molecule has 0 saturated heterocycles. The lowest BCUT2D eigenvalue weighted by Gasteiger charge is -2.63. The van der Waals surface area contributed by atoms with Crippen molar-refractivity contribution in [1.82, 2.24) is 0 Å². The first kappa shape index (κ1) is 26.0. The summed E-state index contributed by atoms with van der Waals surface area (Å²) in [7, 11) is 0. The molecule has 2 saturated carbocycles. The Morgan fingerprint density at radius 3 is 2.47 bits per heavy atom. The number of ether oxygens (including phenoxy) is 3. The Morgan fingerprint density at radius 1 is 1.18 bits per heavy atom. The minimum atomic E-state index is -0.851. The van der Waals surface area contributed by atoms with E-state index in [4.69, 9.17) is 18.6 Å². The first-order chi connectivity index (χ1) is 16.0. The number of fused-ring (bicyclic) bond motifs is 1. The van der Waals surface area contributed by atoms with E-state index in [-0.39, 0.29) is 18.4 Å². The largest absolute Gasteiger partial charge is 0.472 e. The summed E-state index contributed by atoms with van der Waals surface area (Å²) < 4.78 is 22.4. The topological polar surface area (TPSA) is 109 Å². The van der Waals surface area contributed by atoms with Gasteiger partial charge in [0.1, 0.15) is 25.1 Å². The fourth-order valence-corrected chi connectivity index (χ4v) is 6.61. The van der Waals surface area contributed by atoms with E-state index >= 15 is 0 Å². The van der Waals surface area contributed by atoms with Crippen LogP contribution in [0.1, 0.15) is 78.4 Å². The number of furan rings is 1. The van der Waals surface area contributed by atoms with Gasteiger partial charge in [-0.2, -0.15) is 0 Å². The molecule has 1 aromatic heterocycles. The summed E-state index contributed by atoms with van der Waals surface area (Å²) in [6.45, 7) is 8.34. The van der Waals surface area contributed by atoms with E-state index in [1.165, 1.54) is 20.8 Å². The van der Waals surface area contributed by atoms with E-state index < -0.39 is 46.9 Å². The highest BCUT2D eigenvalue weighted by Crippen LogP contribution is 2.64. The van der Waals surface area contributed by atoms with Crippen molar-refractivity contribution in [3.63, 3.8) is 0 Å². The molecular weight excluding hydrogens is 440 g/mol. The van der Waals surface area contributed by atoms with Crippen LogP contribution in [0.4, 0.5) is 0 Å². The number of carbonyl (C=O) groups excluding carboxylic acids is 4. The summed E-state index contributed by atoms with van der Waals surface area (Å²) in [5, 5.41) is 0. The highest BCUT2D eigenvalue weighted by atomic mass is 16.6. The normalized spacial score (nSPS) is 33.8. The molecule has 0 N–H and O–H groups in total. The molecule has 2 aliphatic rings. The SMILES string of the molecule is CC(=O)OC[C@@]12[C@@H](OC(C)=O)C[C@@H](C)[C@](C)(C[C@H](OC(C)=O)c3ccoc3)[C@H]1CCC[C@@H]2C=O. The minimum Gasteiger partial charge on any atom is -0.472 e. The molecular formula is C26H36O8. The molecule has 0 spiro atoms. The van der Waals surface area contributed by atoms with Crippen molar-refractivity contribution >= 4 is 24.2 Å². The van der Waals surface area contributed by atoms with Crippen LogP contribution in [0.2, 0.25) is 0 Å². The molecule has 7 atom stereocenters. The highest BCUT2D eigenvalue weighted by Gasteiger charge is 2.65. The average Bonchev–Trinajstić information content (AvgIpc) is 3.29. The van der Waals surface area contributed by atoms with E-state index in [1.54, 1.807) is 18.6 Å². The predicted molar refractivity (Wildman–Crippen MR) is 121 cm³/mol. The molecule has 0 bridgehead atoms. The number of rotatable bonds is 8. The van der Waals surface area contributed by atoms with Crippen molar-refractivity contribution in [2.75, 3.05) is 6.61 Å². The van der Waals surface area contributed by atoms with Gasteiger partial charge in [-0.05, 0) is 49.0 Å². The van der Waals surface area contributed by atoms with Crippen LogP contribution in [-0.2, 0) is 33.4 Å². The minimum absolute atomic E-state index is 0.000601. The van der Waals surface area contributed by atoms with E-state index in [0.717, 1.165) is 24.7 Å². The maximum absolute atomic E-state index is 12.4. The van der Waals surface area contributed by atoms with Gasteiger partial charge in [0.2, 0.25) is 0 Å². The zero-order valence-electron chi connectivity index (χ0n) is 20.7. The maximum Gasteiger partial charge on any atom is 0.303 e. The fourth-order valence-electron chi connectivity index (χ4n) is 6.61. The number of carbonyl (C=O) groups is 4. The maximum atomic E-state index is 12.4. The lowest BCUT2D eigenvalue weighted by Crippen LogP contribution is -2.64. The lowest BCUT2D eigenvalue weighted by molar-refractivity contribution is -0.226. The second kappa shape index (κ2) is 10.3. The molecule has 0 aromatic carbocycles. The van der Waals surface area contributed by atoms with Crippen LogP contribution in [0.25, 0.3) is 0 Å². The van der Waals surface area contributed by atoms with Gasteiger partial charge in [0.15, 0.2) is 0 Å². The van der Waals surface area contributed by atoms with Gasteiger partial charge in [-0.1, -0.05) is 20.3 Å². The van der Waals surface area contributed by atoms with Crippen molar-refractivity contribution in [3.05, 3.63) is 24.2 Å². The van der Waals surface area contributed by atoms with Gasteiger partial charge in [-0.15, -0.1) is 0 Å². The molecule has 3 rings (SSSR count). The zero-order valence-corrected chi connectivity index (χ0v) is 20.7. The standard InChI is InChI=1S/C26H36O8/c1-16-11-24(34-19(4)30)26(15-32-17(2)28)21(13-27)7-6-8-23(26)25(16,5)12-22(33-18(3)29)20-9-10-31-14-20/h9-10,13-14,16,21-24H,6-8,11-12,15H2,1-5H3/t16-,21-,22+,23-,24+,25+,26+/m1/s1. The van der Waals surface area contributed by atoms with Crippen molar-refractivity contribution < 1.29 is 37.8 Å². The number of hydrogen-bond donors (Lipinski definition) is 0. The summed E-state index contributed by atoms with van der Waals surface area (Å²) in [6.07, 6.45) is 6.22. The fraction of sp³-hybridized carbons (Fsp3) is 0.692. The van der Waals surface area contributed by atoms with Gasteiger partial charge in [-0.3, -0.25) is 14.4 Å². The molecule has 2 aliphatic carbocycles. The smallest absolute Gasteiger partial charge is 0.303 e. The Hall–Kier alpha value is -2.64. The van der Waals surface area contributed by atoms with Crippen molar-refractivity contribution in [1.29, 1.82) is 0 Å². The van der Waals surface area contributed by atoms with Crippen LogP contribution < -0.4 is 0 Å². The first-order valence-electron chi connectivity index (χ1n) is 12.0. The molecule has 0 unspecified atom stereocenters. The molecule has 0 radical (unpaired) electrons. The molecule has 2 fully saturated rings. The Labute approximate surface area is 200 Å². The molecule has 188 valence electrons. The lowest BCUT2D eigenvalue weighted by atomic mass is 9.43. The number of hydrogen-bond acceptors (Lipinski definition) is 8. The Bertz CT molecular complexity index is 893. The summed E-state index contributed by atoms with van der Waals surface area (Å²) >= 11 is 0. The van der Waals surface area contributed by atoms with Gasteiger partial charge in [-0.25, -0.2) is 0 Å². The summed E-state index contributed by atoms with van der Waals surface area (Å²) in [5.74, 6) is -1.72. The van der Waals surface area contributed by atoms with Crippen LogP contribution in [0.3, 0.4) is 0 Å². The first-order valence-corrected chi connectivity index (χ1v) is 12.0. The second-order valence-corrected chi connectivity index (χ2v) is 10.2. The second-order valence-electron chi connectivity index (χ2n) is 10.2. The molecule has 8 heteroatoms. The van der Waals surface area contributed by atoms with Crippen LogP contribution in [0.5, 0.6) is 0 Å². The van der Waals surface area contributed by atoms with E-state index in [2.05, 4.69) is 13.8 Å². The van der Waals surface area contributed by atoms with Crippen molar-refractivity contribution in [2.45, 2.75) is 78.9 Å². The molecule has 1 heterocycles. The Kier molecular flexibility index (Phi) is 7.88. The third-order valence-electron chi connectivity index (χ3n) is 8.28. The quantitative estimate of drug-likeness (QED) is 0.308. The van der Waals surface area contributed by atoms with Gasteiger partial charge in [0, 0.05) is 32.3 Å². The van der Waals surface area contributed by atoms with Crippen LogP contribution >= 0.6 is 0 Å². The van der Waals surface area contributed by atoms with Crippen LogP contribution in [-0.4, -0.2) is 36.9 Å². The van der Waals surface area contributed by atoms with E-state index in [1.807, 2.05) is 0 Å². The van der Waals surface area contributed by atoms with Gasteiger partial charge in [0.05, 0.1) is 17.9 Å². The molecule has 0 aliphatic heterocycles. The monoisotopic (exact) mass is 476 g/mol. The van der Waals surface area contributed by atoms with Crippen molar-refractivity contribution in [3.8, 4) is 0 Å². The van der Waals surface area contributed by atoms with Crippen LogP contribution in [0.15, 0.2) is 23.0 Å². The summed E-state index contributed by atoms with van der Waals surface area (Å²) in [4.78, 5) is 48.3. The molecule has 34 heavy (non-hydrogen) atoms. The van der Waals surface area contributed by atoms with Crippen molar-refractivity contribution in [2.24, 2.45) is 28.6 Å². The third kappa shape index (κ3) is 4.91. The molecule has 0 amide bonds. The Morgan fingerprint density at radius 2 is 1.91 bits per heavy atom. The van der Waals surface area contributed by atoms with Gasteiger partial charge < -0.3 is 23.4 Å². The van der Waals surface area contributed by atoms with E-state index in [9.17, 15) is 19.2 Å². The van der Waals surface area contributed by atoms with E-state index in [0.29, 0.717) is 19.3 Å². The van der Waals surface area contributed by atoms with Gasteiger partial charge in [0.25, 0.3) is 0 Å². The molecule has 8 nitrogen and oxygen atoms in total. The average molecular weight is 477 g/mol.